The molecule has 1 aliphatic carbocycles. The molecule has 30 heavy (non-hydrogen) atoms. The Morgan fingerprint density at radius 1 is 0.833 bits per heavy atom. The second kappa shape index (κ2) is 13.1. The monoisotopic (exact) mass is 501 g/mol. The summed E-state index contributed by atoms with van der Waals surface area (Å²) < 4.78 is 0.807. The average Bonchev–Trinajstić information content (AvgIpc) is 2.78. The van der Waals surface area contributed by atoms with E-state index >= 15 is 0 Å². The molecular weight excluding hydrogens is 486 g/mol. The summed E-state index contributed by atoms with van der Waals surface area (Å²) in [4.78, 5) is 8.08. The normalized spacial score (nSPS) is 11.2. The summed E-state index contributed by atoms with van der Waals surface area (Å²) in [6.45, 7) is 0. The summed E-state index contributed by atoms with van der Waals surface area (Å²) in [5.74, 6) is 0. The van der Waals surface area contributed by atoms with Crippen molar-refractivity contribution < 1.29 is 10.0 Å². The van der Waals surface area contributed by atoms with E-state index in [1.807, 2.05) is 42.5 Å². The highest BCUT2D eigenvalue weighted by atomic mass is 79.9. The molecule has 0 saturated heterocycles. The van der Waals surface area contributed by atoms with Gasteiger partial charge in [0.1, 0.15) is 16.2 Å². The van der Waals surface area contributed by atoms with Gasteiger partial charge < -0.3 is 10.0 Å². The van der Waals surface area contributed by atoms with Gasteiger partial charge in [0, 0.05) is 42.3 Å². The third kappa shape index (κ3) is 9.01. The van der Waals surface area contributed by atoms with Crippen LogP contribution in [0.15, 0.2) is 101 Å². The van der Waals surface area contributed by atoms with Crippen LogP contribution in [0.25, 0.3) is 11.3 Å². The average molecular weight is 503 g/mol. The van der Waals surface area contributed by atoms with Crippen LogP contribution >= 0.6 is 39.1 Å². The van der Waals surface area contributed by atoms with E-state index in [-0.39, 0.29) is 0 Å². The lowest BCUT2D eigenvalue weighted by Gasteiger charge is -1.98. The Bertz CT molecular complexity index is 973. The Kier molecular flexibility index (Phi) is 10.5. The van der Waals surface area contributed by atoms with Crippen molar-refractivity contribution in [3.8, 4) is 11.3 Å². The molecule has 4 rings (SSSR count). The summed E-state index contributed by atoms with van der Waals surface area (Å²) in [6.07, 6.45) is 12.6. The first-order valence-corrected chi connectivity index (χ1v) is 10.3. The zero-order chi connectivity index (χ0) is 21.8. The van der Waals surface area contributed by atoms with Gasteiger partial charge >= 0.3 is 7.12 Å². The van der Waals surface area contributed by atoms with Gasteiger partial charge in [-0.2, -0.15) is 0 Å². The van der Waals surface area contributed by atoms with Crippen molar-refractivity contribution in [3.05, 3.63) is 117 Å². The largest absolute Gasteiger partial charge is 0.526 e. The summed E-state index contributed by atoms with van der Waals surface area (Å²) in [6, 6.07) is 17.3. The molecule has 0 fully saturated rings. The molecule has 150 valence electrons. The third-order valence-electron chi connectivity index (χ3n) is 3.50. The zero-order valence-electron chi connectivity index (χ0n) is 15.7. The number of rotatable bonds is 2. The number of aromatic nitrogens is 2. The summed E-state index contributed by atoms with van der Waals surface area (Å²) in [5, 5.41) is 18.4. The molecule has 2 aromatic heterocycles. The molecule has 0 unspecified atom stereocenters. The van der Waals surface area contributed by atoms with Crippen molar-refractivity contribution in [1.29, 1.82) is 0 Å². The number of pyridine rings is 2. The van der Waals surface area contributed by atoms with Gasteiger partial charge in [-0.05, 0) is 40.2 Å². The fraction of sp³-hybridized carbons (Fsp3) is 0. The lowest BCUT2D eigenvalue weighted by molar-refractivity contribution is 0.420. The number of hydrogen-bond donors (Lipinski definition) is 2. The highest BCUT2D eigenvalue weighted by Crippen LogP contribution is 2.17. The van der Waals surface area contributed by atoms with Crippen molar-refractivity contribution in [1.82, 2.24) is 9.97 Å². The van der Waals surface area contributed by atoms with E-state index in [2.05, 4.69) is 32.0 Å². The van der Waals surface area contributed by atoms with Gasteiger partial charge in [0.15, 0.2) is 0 Å². The van der Waals surface area contributed by atoms with Crippen molar-refractivity contribution in [2.75, 3.05) is 0 Å². The second-order valence-corrected chi connectivity index (χ2v) is 7.40. The van der Waals surface area contributed by atoms with Crippen LogP contribution < -0.4 is 0 Å². The lowest BCUT2D eigenvalue weighted by atomic mass is 9.78. The third-order valence-corrected chi connectivity index (χ3v) is 4.42. The fourth-order valence-corrected chi connectivity index (χ4v) is 2.54. The SMILES string of the molecule is Clc1ccc(-c2ccccc2)nc1.Clc1ccc(Br)nc1.OB(O)C1=CC=CC=[C+]1. The van der Waals surface area contributed by atoms with Crippen molar-refractivity contribution in [2.45, 2.75) is 0 Å². The molecule has 0 saturated carbocycles. The Morgan fingerprint density at radius 2 is 1.50 bits per heavy atom. The molecule has 0 spiro atoms. The quantitative estimate of drug-likeness (QED) is 0.266. The van der Waals surface area contributed by atoms with Crippen LogP contribution in [-0.2, 0) is 0 Å². The minimum absolute atomic E-state index is 0.400. The first kappa shape index (κ1) is 24.0. The summed E-state index contributed by atoms with van der Waals surface area (Å²) in [7, 11) is -1.40. The van der Waals surface area contributed by atoms with Gasteiger partial charge in [-0.15, -0.1) is 0 Å². The Hall–Kier alpha value is -2.31. The van der Waals surface area contributed by atoms with Crippen LogP contribution in [0.3, 0.4) is 0 Å². The maximum absolute atomic E-state index is 8.55. The first-order chi connectivity index (χ1) is 14.5. The molecule has 4 nitrogen and oxygen atoms in total. The van der Waals surface area contributed by atoms with E-state index in [1.54, 1.807) is 48.8 Å². The van der Waals surface area contributed by atoms with E-state index < -0.39 is 7.12 Å². The molecule has 0 bridgehead atoms. The van der Waals surface area contributed by atoms with E-state index in [0.29, 0.717) is 15.5 Å². The summed E-state index contributed by atoms with van der Waals surface area (Å²) >= 11 is 14.4. The van der Waals surface area contributed by atoms with Gasteiger partial charge in [-0.3, -0.25) is 4.98 Å². The number of nitrogens with zero attached hydrogens (tertiary/aromatic N) is 2. The molecule has 0 radical (unpaired) electrons. The van der Waals surface area contributed by atoms with Crippen LogP contribution in [0.4, 0.5) is 0 Å². The number of allylic oxidation sites excluding steroid dienone is 6. The smallest absolute Gasteiger partial charge is 0.421 e. The van der Waals surface area contributed by atoms with Crippen molar-refractivity contribution >= 4 is 46.3 Å². The molecule has 8 heteroatoms. The molecule has 0 amide bonds. The molecule has 0 aliphatic heterocycles. The van der Waals surface area contributed by atoms with Gasteiger partial charge in [0.2, 0.25) is 0 Å². The van der Waals surface area contributed by atoms with Crippen LogP contribution in [0.5, 0.6) is 0 Å². The minimum Gasteiger partial charge on any atom is -0.421 e. The van der Waals surface area contributed by atoms with Crippen LogP contribution in [-0.4, -0.2) is 27.1 Å². The molecule has 2 heterocycles. The van der Waals surface area contributed by atoms with Gasteiger partial charge in [-0.1, -0.05) is 53.5 Å². The molecular formula is C22H17BBrCl2N2O2+. The highest BCUT2D eigenvalue weighted by molar-refractivity contribution is 9.10. The highest BCUT2D eigenvalue weighted by Gasteiger charge is 2.19. The van der Waals surface area contributed by atoms with Gasteiger partial charge in [0.05, 0.1) is 15.7 Å². The van der Waals surface area contributed by atoms with Gasteiger partial charge in [-0.25, -0.2) is 4.98 Å². The summed E-state index contributed by atoms with van der Waals surface area (Å²) in [5.41, 5.74) is 2.46. The van der Waals surface area contributed by atoms with Crippen LogP contribution in [0, 0.1) is 6.08 Å². The maximum Gasteiger partial charge on any atom is 0.526 e. The molecule has 0 atom stereocenters. The Morgan fingerprint density at radius 3 is 1.93 bits per heavy atom. The fourth-order valence-electron chi connectivity index (χ4n) is 2.08. The molecule has 1 aliphatic rings. The zero-order valence-corrected chi connectivity index (χ0v) is 18.8. The van der Waals surface area contributed by atoms with Gasteiger partial charge in [0.25, 0.3) is 0 Å². The molecule has 1 aromatic carbocycles. The number of hydrogen-bond acceptors (Lipinski definition) is 4. The standard InChI is InChI=1S/C11H8ClN.C6H6BO2.C5H3BrClN/c12-10-6-7-11(13-8-10)9-4-2-1-3-5-9;8-7(9)6-4-2-1-3-5-6;6-5-2-1-4(7)3-8-5/h1-8H;1-4,8-9H;1-3H/q;+1;. The van der Waals surface area contributed by atoms with Crippen molar-refractivity contribution in [2.24, 2.45) is 0 Å². The predicted molar refractivity (Wildman–Crippen MR) is 127 cm³/mol. The van der Waals surface area contributed by atoms with E-state index in [1.165, 1.54) is 0 Å². The minimum atomic E-state index is -1.40. The van der Waals surface area contributed by atoms with E-state index in [4.69, 9.17) is 33.2 Å². The van der Waals surface area contributed by atoms with Crippen LogP contribution in [0.2, 0.25) is 10.0 Å². The van der Waals surface area contributed by atoms with E-state index in [9.17, 15) is 0 Å². The maximum atomic E-state index is 8.55. The molecule has 2 N–H and O–H groups in total. The lowest BCUT2D eigenvalue weighted by Crippen LogP contribution is -2.14. The predicted octanol–water partition coefficient (Wildman–Crippen LogP) is 5.75. The van der Waals surface area contributed by atoms with Crippen LogP contribution in [0.1, 0.15) is 0 Å². The van der Waals surface area contributed by atoms with Crippen molar-refractivity contribution in [3.63, 3.8) is 0 Å². The first-order valence-electron chi connectivity index (χ1n) is 8.72. The number of benzene rings is 1. The Labute approximate surface area is 194 Å². The Balaban J connectivity index is 0.000000167. The second-order valence-electron chi connectivity index (χ2n) is 5.72. The topological polar surface area (TPSA) is 66.2 Å². The number of halogens is 3. The van der Waals surface area contributed by atoms with E-state index in [0.717, 1.165) is 15.9 Å². The molecule has 3 aromatic rings.